The van der Waals surface area contributed by atoms with Crippen LogP contribution in [0.5, 0.6) is 0 Å². The van der Waals surface area contributed by atoms with E-state index in [0.29, 0.717) is 23.7 Å². The fourth-order valence-electron chi connectivity index (χ4n) is 3.80. The Labute approximate surface area is 158 Å². The lowest BCUT2D eigenvalue weighted by Gasteiger charge is -2.26. The average molecular weight is 376 g/mol. The standard InChI is InChI=1S/C19H28N4O4/c24-17(25)4-8-21-18(26)15-12-16-19(27)22(9-1-10-23(16)13-15)11-5-14-2-6-20-7-3-14/h12-14,20H,1-11H2,(H,21,26)(H,24,25). The summed E-state index contributed by atoms with van der Waals surface area (Å²) in [7, 11) is 0. The summed E-state index contributed by atoms with van der Waals surface area (Å²) in [6.45, 7) is 4.39. The molecule has 1 fully saturated rings. The number of nitrogens with one attached hydrogen (secondary N) is 2. The monoisotopic (exact) mass is 376 g/mol. The van der Waals surface area contributed by atoms with Crippen LogP contribution < -0.4 is 10.6 Å². The topological polar surface area (TPSA) is 104 Å². The zero-order valence-corrected chi connectivity index (χ0v) is 15.6. The summed E-state index contributed by atoms with van der Waals surface area (Å²) >= 11 is 0. The van der Waals surface area contributed by atoms with E-state index in [0.717, 1.165) is 39.0 Å². The maximum atomic E-state index is 12.9. The minimum atomic E-state index is -0.956. The number of carbonyl (C=O) groups excluding carboxylic acids is 2. The molecule has 2 aliphatic heterocycles. The quantitative estimate of drug-likeness (QED) is 0.657. The highest BCUT2D eigenvalue weighted by atomic mass is 16.4. The number of hydrogen-bond acceptors (Lipinski definition) is 4. The highest BCUT2D eigenvalue weighted by Gasteiger charge is 2.25. The molecule has 0 saturated carbocycles. The van der Waals surface area contributed by atoms with Gasteiger partial charge in [-0.25, -0.2) is 0 Å². The van der Waals surface area contributed by atoms with Crippen LogP contribution in [-0.2, 0) is 11.3 Å². The molecule has 1 aromatic heterocycles. The number of aromatic nitrogens is 1. The van der Waals surface area contributed by atoms with Crippen LogP contribution in [0.25, 0.3) is 0 Å². The van der Waals surface area contributed by atoms with Crippen molar-refractivity contribution in [3.05, 3.63) is 23.5 Å². The molecule has 0 unspecified atom stereocenters. The number of piperidine rings is 1. The van der Waals surface area contributed by atoms with Crippen LogP contribution in [-0.4, -0.2) is 65.1 Å². The summed E-state index contributed by atoms with van der Waals surface area (Å²) in [5, 5.41) is 14.6. The van der Waals surface area contributed by atoms with Crippen LogP contribution in [0.3, 0.4) is 0 Å². The fraction of sp³-hybridized carbons (Fsp3) is 0.632. The van der Waals surface area contributed by atoms with E-state index in [-0.39, 0.29) is 24.8 Å². The van der Waals surface area contributed by atoms with Gasteiger partial charge in [0.1, 0.15) is 5.69 Å². The molecule has 1 saturated heterocycles. The predicted octanol–water partition coefficient (Wildman–Crippen LogP) is 0.928. The van der Waals surface area contributed by atoms with Gasteiger partial charge in [0.05, 0.1) is 12.0 Å². The maximum absolute atomic E-state index is 12.9. The Bertz CT molecular complexity index is 694. The Hall–Kier alpha value is -2.35. The number of hydrogen-bond donors (Lipinski definition) is 3. The molecule has 8 heteroatoms. The summed E-state index contributed by atoms with van der Waals surface area (Å²) in [5.74, 6) is -0.649. The van der Waals surface area contributed by atoms with E-state index in [9.17, 15) is 14.4 Å². The first-order valence-electron chi connectivity index (χ1n) is 9.75. The Morgan fingerprint density at radius 1 is 1.26 bits per heavy atom. The van der Waals surface area contributed by atoms with E-state index in [4.69, 9.17) is 5.11 Å². The predicted molar refractivity (Wildman–Crippen MR) is 99.7 cm³/mol. The summed E-state index contributed by atoms with van der Waals surface area (Å²) < 4.78 is 1.85. The van der Waals surface area contributed by atoms with Crippen LogP contribution in [0.4, 0.5) is 0 Å². The molecule has 3 heterocycles. The molecule has 2 amide bonds. The van der Waals surface area contributed by atoms with Crippen molar-refractivity contribution in [2.24, 2.45) is 5.92 Å². The Kier molecular flexibility index (Phi) is 6.49. The minimum absolute atomic E-state index is 0.0222. The highest BCUT2D eigenvalue weighted by molar-refractivity contribution is 5.99. The van der Waals surface area contributed by atoms with Gasteiger partial charge in [-0.15, -0.1) is 0 Å². The Balaban J connectivity index is 1.61. The van der Waals surface area contributed by atoms with Crippen molar-refractivity contribution in [1.29, 1.82) is 0 Å². The van der Waals surface area contributed by atoms with Crippen LogP contribution in [0.15, 0.2) is 12.3 Å². The van der Waals surface area contributed by atoms with Gasteiger partial charge in [0.2, 0.25) is 0 Å². The number of fused-ring (bicyclic) bond motifs is 1. The van der Waals surface area contributed by atoms with Gasteiger partial charge in [-0.1, -0.05) is 0 Å². The van der Waals surface area contributed by atoms with Gasteiger partial charge in [0, 0.05) is 32.4 Å². The zero-order chi connectivity index (χ0) is 19.2. The molecule has 0 atom stereocenters. The van der Waals surface area contributed by atoms with Crippen molar-refractivity contribution in [3.63, 3.8) is 0 Å². The molecule has 0 bridgehead atoms. The zero-order valence-electron chi connectivity index (χ0n) is 15.6. The van der Waals surface area contributed by atoms with Crippen molar-refractivity contribution in [3.8, 4) is 0 Å². The summed E-state index contributed by atoms with van der Waals surface area (Å²) in [5.41, 5.74) is 0.949. The van der Waals surface area contributed by atoms with Crippen molar-refractivity contribution in [2.45, 2.75) is 38.6 Å². The lowest BCUT2D eigenvalue weighted by molar-refractivity contribution is -0.136. The van der Waals surface area contributed by atoms with Gasteiger partial charge >= 0.3 is 5.97 Å². The van der Waals surface area contributed by atoms with Crippen LogP contribution in [0, 0.1) is 5.92 Å². The SMILES string of the molecule is O=C(O)CCNC(=O)c1cc2n(c1)CCCN(CCC1CCNCC1)C2=O. The number of amides is 2. The Morgan fingerprint density at radius 3 is 2.78 bits per heavy atom. The normalized spacial score (nSPS) is 18.1. The van der Waals surface area contributed by atoms with Gasteiger partial charge in [-0.2, -0.15) is 0 Å². The van der Waals surface area contributed by atoms with Crippen molar-refractivity contribution in [2.75, 3.05) is 32.7 Å². The summed E-state index contributed by atoms with van der Waals surface area (Å²) in [6, 6.07) is 1.63. The van der Waals surface area contributed by atoms with Gasteiger partial charge < -0.3 is 25.2 Å². The van der Waals surface area contributed by atoms with Gasteiger partial charge in [0.25, 0.3) is 11.8 Å². The lowest BCUT2D eigenvalue weighted by Crippen LogP contribution is -2.35. The third-order valence-corrected chi connectivity index (χ3v) is 5.38. The smallest absolute Gasteiger partial charge is 0.305 e. The van der Waals surface area contributed by atoms with Gasteiger partial charge in [-0.05, 0) is 50.8 Å². The summed E-state index contributed by atoms with van der Waals surface area (Å²) in [4.78, 5) is 37.6. The van der Waals surface area contributed by atoms with Crippen LogP contribution in [0.2, 0.25) is 0 Å². The third-order valence-electron chi connectivity index (χ3n) is 5.38. The fourth-order valence-corrected chi connectivity index (χ4v) is 3.80. The van der Waals surface area contributed by atoms with Crippen molar-refractivity contribution in [1.82, 2.24) is 20.1 Å². The first-order chi connectivity index (χ1) is 13.0. The highest BCUT2D eigenvalue weighted by Crippen LogP contribution is 2.20. The number of carbonyl (C=O) groups is 3. The van der Waals surface area contributed by atoms with E-state index < -0.39 is 5.97 Å². The number of carboxylic acid groups (broad SMARTS) is 1. The number of nitrogens with zero attached hydrogens (tertiary/aromatic N) is 2. The largest absolute Gasteiger partial charge is 0.481 e. The molecule has 1 aromatic rings. The molecule has 0 radical (unpaired) electrons. The first kappa shape index (κ1) is 19.4. The second-order valence-corrected chi connectivity index (χ2v) is 7.33. The maximum Gasteiger partial charge on any atom is 0.305 e. The van der Waals surface area contributed by atoms with Crippen molar-refractivity contribution < 1.29 is 19.5 Å². The molecule has 3 rings (SSSR count). The molecule has 27 heavy (non-hydrogen) atoms. The number of aliphatic carboxylic acids is 1. The molecular weight excluding hydrogens is 348 g/mol. The van der Waals surface area contributed by atoms with Gasteiger partial charge in [-0.3, -0.25) is 14.4 Å². The average Bonchev–Trinajstić information content (AvgIpc) is 3.02. The third kappa shape index (κ3) is 5.09. The van der Waals surface area contributed by atoms with E-state index >= 15 is 0 Å². The second-order valence-electron chi connectivity index (χ2n) is 7.33. The van der Waals surface area contributed by atoms with E-state index in [1.54, 1.807) is 12.3 Å². The van der Waals surface area contributed by atoms with E-state index in [2.05, 4.69) is 10.6 Å². The molecule has 3 N–H and O–H groups in total. The molecule has 0 aromatic carbocycles. The van der Waals surface area contributed by atoms with Crippen LogP contribution >= 0.6 is 0 Å². The molecule has 2 aliphatic rings. The first-order valence-corrected chi connectivity index (χ1v) is 9.75. The summed E-state index contributed by atoms with van der Waals surface area (Å²) in [6.07, 6.45) is 5.79. The van der Waals surface area contributed by atoms with Crippen LogP contribution in [0.1, 0.15) is 53.0 Å². The van der Waals surface area contributed by atoms with Gasteiger partial charge in [0.15, 0.2) is 0 Å². The molecule has 148 valence electrons. The van der Waals surface area contributed by atoms with E-state index in [1.165, 1.54) is 12.8 Å². The lowest BCUT2D eigenvalue weighted by atomic mass is 9.94. The van der Waals surface area contributed by atoms with E-state index in [1.807, 2.05) is 9.47 Å². The molecule has 0 spiro atoms. The minimum Gasteiger partial charge on any atom is -0.481 e. The molecule has 0 aliphatic carbocycles. The molecule has 8 nitrogen and oxygen atoms in total. The molecular formula is C19H28N4O4. The second kappa shape index (κ2) is 9.03. The van der Waals surface area contributed by atoms with Crippen molar-refractivity contribution >= 4 is 17.8 Å². The number of carboxylic acids is 1. The number of rotatable bonds is 7. The number of aryl methyl sites for hydroxylation is 1. The Morgan fingerprint density at radius 2 is 2.04 bits per heavy atom.